The second kappa shape index (κ2) is 6.41. The van der Waals surface area contributed by atoms with Gasteiger partial charge in [0.05, 0.1) is 31.5 Å². The van der Waals surface area contributed by atoms with E-state index in [2.05, 4.69) is 23.5 Å². The molecule has 1 aliphatic carbocycles. The van der Waals surface area contributed by atoms with E-state index in [1.807, 2.05) is 18.2 Å². The number of carboxylic acid groups (broad SMARTS) is 1. The summed E-state index contributed by atoms with van der Waals surface area (Å²) in [6.45, 7) is 0. The minimum Gasteiger partial charge on any atom is -0.497 e. The number of ether oxygens (including phenoxy) is 2. The van der Waals surface area contributed by atoms with Crippen molar-refractivity contribution >= 4 is 11.7 Å². The Bertz CT molecular complexity index is 872. The van der Waals surface area contributed by atoms with Crippen molar-refractivity contribution < 1.29 is 19.4 Å². The van der Waals surface area contributed by atoms with E-state index >= 15 is 0 Å². The van der Waals surface area contributed by atoms with E-state index in [1.54, 1.807) is 26.4 Å². The lowest BCUT2D eigenvalue weighted by Gasteiger charge is -2.38. The van der Waals surface area contributed by atoms with Crippen LogP contribution in [0.5, 0.6) is 11.5 Å². The lowest BCUT2D eigenvalue weighted by atomic mass is 9.76. The summed E-state index contributed by atoms with van der Waals surface area (Å²) in [6.07, 6.45) is 5.44. The van der Waals surface area contributed by atoms with Gasteiger partial charge < -0.3 is 19.9 Å². The highest BCUT2D eigenvalue weighted by atomic mass is 16.5. The number of carbonyl (C=O) groups is 1. The molecular weight excluding hydrogens is 330 g/mol. The number of benzene rings is 2. The molecule has 2 aromatic rings. The van der Waals surface area contributed by atoms with Crippen molar-refractivity contribution in [3.05, 3.63) is 65.2 Å². The third-order valence-corrected chi connectivity index (χ3v) is 5.38. The molecule has 134 valence electrons. The van der Waals surface area contributed by atoms with Crippen LogP contribution in [0.25, 0.3) is 0 Å². The number of hydrogen-bond acceptors (Lipinski definition) is 4. The van der Waals surface area contributed by atoms with Gasteiger partial charge in [0.1, 0.15) is 11.5 Å². The second-order valence-corrected chi connectivity index (χ2v) is 6.70. The van der Waals surface area contributed by atoms with Crippen LogP contribution in [0.2, 0.25) is 0 Å². The van der Waals surface area contributed by atoms with Crippen LogP contribution in [0.4, 0.5) is 5.69 Å². The van der Waals surface area contributed by atoms with Gasteiger partial charge in [-0.2, -0.15) is 0 Å². The van der Waals surface area contributed by atoms with Crippen molar-refractivity contribution in [1.29, 1.82) is 0 Å². The molecule has 5 nitrogen and oxygen atoms in total. The van der Waals surface area contributed by atoms with E-state index in [1.165, 1.54) is 5.56 Å². The summed E-state index contributed by atoms with van der Waals surface area (Å²) in [5.41, 5.74) is 3.54. The molecule has 0 amide bonds. The largest absolute Gasteiger partial charge is 0.497 e. The van der Waals surface area contributed by atoms with Gasteiger partial charge in [0.15, 0.2) is 0 Å². The standard InChI is InChI=1S/C21H21NO4/c1-25-14-10-17-15-4-3-5-16(15)19(22-20(17)18(11-14)26-2)12-6-8-13(9-7-12)21(23)24/h3-4,6-11,15-16,19,22H,5H2,1-2H3,(H,23,24)/t15-,16-,19-/m1/s1. The molecule has 0 spiro atoms. The lowest BCUT2D eigenvalue weighted by molar-refractivity contribution is 0.0697. The molecule has 0 radical (unpaired) electrons. The summed E-state index contributed by atoms with van der Waals surface area (Å²) in [5.74, 6) is 1.28. The van der Waals surface area contributed by atoms with Crippen LogP contribution in [-0.2, 0) is 0 Å². The number of fused-ring (bicyclic) bond motifs is 3. The fourth-order valence-electron chi connectivity index (χ4n) is 4.08. The third-order valence-electron chi connectivity index (χ3n) is 5.38. The molecule has 4 rings (SSSR count). The number of carboxylic acids is 1. The van der Waals surface area contributed by atoms with Crippen LogP contribution >= 0.6 is 0 Å². The molecule has 26 heavy (non-hydrogen) atoms. The summed E-state index contributed by atoms with van der Waals surface area (Å²) in [5, 5.41) is 12.8. The van der Waals surface area contributed by atoms with Gasteiger partial charge in [0.25, 0.3) is 0 Å². The molecule has 0 aromatic heterocycles. The molecule has 2 aliphatic rings. The molecular formula is C21H21NO4. The zero-order chi connectivity index (χ0) is 18.3. The van der Waals surface area contributed by atoms with Gasteiger partial charge in [-0.25, -0.2) is 4.79 Å². The summed E-state index contributed by atoms with van der Waals surface area (Å²) in [6, 6.07) is 11.2. The Morgan fingerprint density at radius 3 is 2.58 bits per heavy atom. The first-order chi connectivity index (χ1) is 12.6. The van der Waals surface area contributed by atoms with Crippen LogP contribution in [0.3, 0.4) is 0 Å². The Morgan fingerprint density at radius 2 is 1.92 bits per heavy atom. The Kier molecular flexibility index (Phi) is 4.07. The summed E-state index contributed by atoms with van der Waals surface area (Å²) in [7, 11) is 3.32. The summed E-state index contributed by atoms with van der Waals surface area (Å²) >= 11 is 0. The number of nitrogens with one attached hydrogen (secondary N) is 1. The fourth-order valence-corrected chi connectivity index (χ4v) is 4.08. The van der Waals surface area contributed by atoms with E-state index in [0.29, 0.717) is 11.5 Å². The first-order valence-corrected chi connectivity index (χ1v) is 8.64. The first-order valence-electron chi connectivity index (χ1n) is 8.64. The van der Waals surface area contributed by atoms with Crippen molar-refractivity contribution in [1.82, 2.24) is 0 Å². The maximum absolute atomic E-state index is 11.1. The number of hydrogen-bond donors (Lipinski definition) is 2. The van der Waals surface area contributed by atoms with Crippen LogP contribution < -0.4 is 14.8 Å². The zero-order valence-corrected chi connectivity index (χ0v) is 14.7. The average molecular weight is 351 g/mol. The van der Waals surface area contributed by atoms with Gasteiger partial charge in [-0.3, -0.25) is 0 Å². The molecule has 3 atom stereocenters. The number of allylic oxidation sites excluding steroid dienone is 2. The fraction of sp³-hybridized carbons (Fsp3) is 0.286. The van der Waals surface area contributed by atoms with Crippen molar-refractivity contribution in [2.75, 3.05) is 19.5 Å². The van der Waals surface area contributed by atoms with Crippen molar-refractivity contribution in [2.45, 2.75) is 18.4 Å². The Morgan fingerprint density at radius 1 is 1.15 bits per heavy atom. The Hall–Kier alpha value is -2.95. The number of anilines is 1. The molecule has 1 aliphatic heterocycles. The molecule has 1 heterocycles. The average Bonchev–Trinajstić information content (AvgIpc) is 3.16. The predicted molar refractivity (Wildman–Crippen MR) is 99.3 cm³/mol. The van der Waals surface area contributed by atoms with Crippen molar-refractivity contribution in [3.63, 3.8) is 0 Å². The van der Waals surface area contributed by atoms with E-state index in [0.717, 1.165) is 29.2 Å². The van der Waals surface area contributed by atoms with Gasteiger partial charge in [-0.15, -0.1) is 0 Å². The maximum Gasteiger partial charge on any atom is 0.335 e. The molecule has 5 heteroatoms. The van der Waals surface area contributed by atoms with Crippen molar-refractivity contribution in [2.24, 2.45) is 5.92 Å². The quantitative estimate of drug-likeness (QED) is 0.807. The maximum atomic E-state index is 11.1. The Balaban J connectivity index is 1.77. The highest BCUT2D eigenvalue weighted by molar-refractivity contribution is 5.87. The molecule has 0 unspecified atom stereocenters. The minimum absolute atomic E-state index is 0.0904. The number of methoxy groups -OCH3 is 2. The second-order valence-electron chi connectivity index (χ2n) is 6.70. The third kappa shape index (κ3) is 2.60. The smallest absolute Gasteiger partial charge is 0.335 e. The van der Waals surface area contributed by atoms with Crippen LogP contribution in [-0.4, -0.2) is 25.3 Å². The van der Waals surface area contributed by atoms with Crippen LogP contribution in [0, 0.1) is 5.92 Å². The monoisotopic (exact) mass is 351 g/mol. The van der Waals surface area contributed by atoms with Gasteiger partial charge >= 0.3 is 5.97 Å². The van der Waals surface area contributed by atoms with E-state index in [-0.39, 0.29) is 12.0 Å². The summed E-state index contributed by atoms with van der Waals surface area (Å²) < 4.78 is 11.0. The van der Waals surface area contributed by atoms with E-state index in [4.69, 9.17) is 14.6 Å². The van der Waals surface area contributed by atoms with E-state index < -0.39 is 5.97 Å². The molecule has 2 aromatic carbocycles. The summed E-state index contributed by atoms with van der Waals surface area (Å²) in [4.78, 5) is 11.1. The van der Waals surface area contributed by atoms with Gasteiger partial charge in [-0.1, -0.05) is 24.3 Å². The minimum atomic E-state index is -0.910. The topological polar surface area (TPSA) is 67.8 Å². The van der Waals surface area contributed by atoms with E-state index in [9.17, 15) is 4.79 Å². The highest BCUT2D eigenvalue weighted by Crippen LogP contribution is 2.53. The first kappa shape index (κ1) is 16.5. The van der Waals surface area contributed by atoms with Crippen LogP contribution in [0.1, 0.15) is 39.9 Å². The number of aromatic carboxylic acids is 1. The van der Waals surface area contributed by atoms with Gasteiger partial charge in [0, 0.05) is 12.0 Å². The predicted octanol–water partition coefficient (Wildman–Crippen LogP) is 4.23. The van der Waals surface area contributed by atoms with Gasteiger partial charge in [0.2, 0.25) is 0 Å². The normalized spacial score (nSPS) is 22.9. The SMILES string of the molecule is COc1cc(OC)c2c(c1)[C@@H]1C=CC[C@H]1[C@@H](c1ccc(C(=O)O)cc1)N2. The van der Waals surface area contributed by atoms with Crippen molar-refractivity contribution in [3.8, 4) is 11.5 Å². The molecule has 0 saturated heterocycles. The molecule has 0 bridgehead atoms. The molecule has 2 N–H and O–H groups in total. The molecule has 0 saturated carbocycles. The highest BCUT2D eigenvalue weighted by Gasteiger charge is 2.39. The lowest BCUT2D eigenvalue weighted by Crippen LogP contribution is -2.29. The molecule has 0 fully saturated rings. The number of rotatable bonds is 4. The zero-order valence-electron chi connectivity index (χ0n) is 14.7. The Labute approximate surface area is 152 Å². The van der Waals surface area contributed by atoms with Crippen LogP contribution in [0.15, 0.2) is 48.6 Å². The van der Waals surface area contributed by atoms with Gasteiger partial charge in [-0.05, 0) is 41.7 Å².